The molecule has 0 spiro atoms. The van der Waals surface area contributed by atoms with Crippen molar-refractivity contribution >= 4 is 11.7 Å². The van der Waals surface area contributed by atoms with Crippen LogP contribution in [0.3, 0.4) is 0 Å². The quantitative estimate of drug-likeness (QED) is 0.435. The van der Waals surface area contributed by atoms with Crippen molar-refractivity contribution in [2.24, 2.45) is 5.16 Å². The number of ether oxygens (including phenoxy) is 1. The van der Waals surface area contributed by atoms with Crippen molar-refractivity contribution < 1.29 is 14.4 Å². The van der Waals surface area contributed by atoms with E-state index in [1.807, 2.05) is 30.3 Å². The Morgan fingerprint density at radius 2 is 2.00 bits per heavy atom. The van der Waals surface area contributed by atoms with Crippen LogP contribution in [0.4, 0.5) is 0 Å². The Morgan fingerprint density at radius 3 is 2.62 bits per heavy atom. The molecule has 0 atom stereocenters. The molecule has 0 aliphatic carbocycles. The number of rotatable bonds is 5. The van der Waals surface area contributed by atoms with Gasteiger partial charge in [0.05, 0.1) is 6.61 Å². The van der Waals surface area contributed by atoms with E-state index in [0.717, 1.165) is 5.56 Å². The second-order valence-corrected chi connectivity index (χ2v) is 3.16. The number of hydrogen-bond acceptors (Lipinski definition) is 4. The van der Waals surface area contributed by atoms with E-state index in [-0.39, 0.29) is 5.71 Å². The zero-order chi connectivity index (χ0) is 11.8. The minimum atomic E-state index is -0.449. The average Bonchev–Trinajstić information content (AvgIpc) is 2.30. The molecule has 0 bridgehead atoms. The van der Waals surface area contributed by atoms with Gasteiger partial charge in [-0.2, -0.15) is 0 Å². The molecule has 0 aliphatic rings. The van der Waals surface area contributed by atoms with E-state index >= 15 is 0 Å². The maximum atomic E-state index is 11.2. The van der Waals surface area contributed by atoms with Crippen molar-refractivity contribution in [3.05, 3.63) is 35.9 Å². The minimum absolute atomic E-state index is 0.220. The molecule has 0 saturated heterocycles. The van der Waals surface area contributed by atoms with Crippen LogP contribution in [0.1, 0.15) is 19.4 Å². The Hall–Kier alpha value is -1.84. The summed E-state index contributed by atoms with van der Waals surface area (Å²) in [6.07, 6.45) is 0. The van der Waals surface area contributed by atoms with Crippen LogP contribution in [0.25, 0.3) is 0 Å². The van der Waals surface area contributed by atoms with Gasteiger partial charge in [0, 0.05) is 0 Å². The van der Waals surface area contributed by atoms with Gasteiger partial charge in [0.25, 0.3) is 0 Å². The van der Waals surface area contributed by atoms with E-state index < -0.39 is 5.97 Å². The highest BCUT2D eigenvalue weighted by Gasteiger charge is 2.06. The minimum Gasteiger partial charge on any atom is -0.461 e. The molecule has 16 heavy (non-hydrogen) atoms. The monoisotopic (exact) mass is 221 g/mol. The summed E-state index contributed by atoms with van der Waals surface area (Å²) in [5.41, 5.74) is 1.22. The Labute approximate surface area is 94.9 Å². The first-order valence-electron chi connectivity index (χ1n) is 5.11. The average molecular weight is 221 g/mol. The number of hydrogen-bond donors (Lipinski definition) is 0. The Morgan fingerprint density at radius 1 is 1.31 bits per heavy atom. The number of carbonyl (C=O) groups excluding carboxylic acids is 1. The van der Waals surface area contributed by atoms with Gasteiger partial charge in [-0.3, -0.25) is 0 Å². The second-order valence-electron chi connectivity index (χ2n) is 3.16. The molecule has 0 radical (unpaired) electrons. The lowest BCUT2D eigenvalue weighted by Gasteiger charge is -2.02. The lowest BCUT2D eigenvalue weighted by atomic mass is 10.2. The normalized spacial score (nSPS) is 11.0. The standard InChI is InChI=1S/C12H15NO3/c1-3-15-12(14)10(2)13-16-9-11-7-5-4-6-8-11/h4-8H,3,9H2,1-2H3/b13-10-. The topological polar surface area (TPSA) is 47.9 Å². The highest BCUT2D eigenvalue weighted by Crippen LogP contribution is 2.00. The molecular formula is C12H15NO3. The first-order chi connectivity index (χ1) is 7.74. The van der Waals surface area contributed by atoms with Crippen LogP contribution in [-0.2, 0) is 21.0 Å². The molecule has 0 heterocycles. The Kier molecular flexibility index (Phi) is 5.05. The highest BCUT2D eigenvalue weighted by molar-refractivity contribution is 6.35. The summed E-state index contributed by atoms with van der Waals surface area (Å²) < 4.78 is 4.76. The lowest BCUT2D eigenvalue weighted by molar-refractivity contribution is -0.135. The molecule has 0 fully saturated rings. The van der Waals surface area contributed by atoms with Gasteiger partial charge in [-0.05, 0) is 19.4 Å². The first-order valence-corrected chi connectivity index (χ1v) is 5.11. The third kappa shape index (κ3) is 4.13. The summed E-state index contributed by atoms with van der Waals surface area (Å²) in [4.78, 5) is 16.2. The zero-order valence-corrected chi connectivity index (χ0v) is 9.47. The van der Waals surface area contributed by atoms with E-state index in [1.54, 1.807) is 13.8 Å². The summed E-state index contributed by atoms with van der Waals surface area (Å²) >= 11 is 0. The lowest BCUT2D eigenvalue weighted by Crippen LogP contribution is -2.14. The van der Waals surface area contributed by atoms with Crippen molar-refractivity contribution in [2.45, 2.75) is 20.5 Å². The van der Waals surface area contributed by atoms with E-state index in [9.17, 15) is 4.79 Å². The molecule has 0 unspecified atom stereocenters. The first kappa shape index (κ1) is 12.2. The molecule has 1 rings (SSSR count). The summed E-state index contributed by atoms with van der Waals surface area (Å²) in [5.74, 6) is -0.449. The van der Waals surface area contributed by atoms with Gasteiger partial charge >= 0.3 is 5.97 Å². The van der Waals surface area contributed by atoms with Crippen LogP contribution in [-0.4, -0.2) is 18.3 Å². The van der Waals surface area contributed by atoms with Gasteiger partial charge in [-0.1, -0.05) is 35.5 Å². The number of oxime groups is 1. The van der Waals surface area contributed by atoms with E-state index in [1.165, 1.54) is 0 Å². The molecular weight excluding hydrogens is 206 g/mol. The van der Waals surface area contributed by atoms with Crippen molar-refractivity contribution in [3.63, 3.8) is 0 Å². The van der Waals surface area contributed by atoms with Gasteiger partial charge in [0.2, 0.25) is 0 Å². The van der Waals surface area contributed by atoms with Gasteiger partial charge in [-0.15, -0.1) is 0 Å². The van der Waals surface area contributed by atoms with E-state index in [4.69, 9.17) is 9.57 Å². The highest BCUT2D eigenvalue weighted by atomic mass is 16.6. The smallest absolute Gasteiger partial charge is 0.355 e. The molecule has 86 valence electrons. The number of nitrogens with zero attached hydrogens (tertiary/aromatic N) is 1. The number of benzene rings is 1. The van der Waals surface area contributed by atoms with Gasteiger partial charge in [-0.25, -0.2) is 4.79 Å². The van der Waals surface area contributed by atoms with Crippen molar-refractivity contribution in [3.8, 4) is 0 Å². The summed E-state index contributed by atoms with van der Waals surface area (Å²) in [6.45, 7) is 3.99. The van der Waals surface area contributed by atoms with Crippen LogP contribution < -0.4 is 0 Å². The predicted octanol–water partition coefficient (Wildman–Crippen LogP) is 2.14. The van der Waals surface area contributed by atoms with Gasteiger partial charge in [0.15, 0.2) is 5.71 Å². The molecule has 1 aromatic rings. The fraction of sp³-hybridized carbons (Fsp3) is 0.333. The van der Waals surface area contributed by atoms with E-state index in [0.29, 0.717) is 13.2 Å². The fourth-order valence-electron chi connectivity index (χ4n) is 1.05. The van der Waals surface area contributed by atoms with Crippen molar-refractivity contribution in [1.29, 1.82) is 0 Å². The molecule has 0 N–H and O–H groups in total. The van der Waals surface area contributed by atoms with Crippen LogP contribution in [0, 0.1) is 0 Å². The predicted molar refractivity (Wildman–Crippen MR) is 61.0 cm³/mol. The molecule has 4 nitrogen and oxygen atoms in total. The van der Waals surface area contributed by atoms with Crippen LogP contribution >= 0.6 is 0 Å². The summed E-state index contributed by atoms with van der Waals surface area (Å²) in [6, 6.07) is 9.61. The molecule has 1 aromatic carbocycles. The molecule has 0 aliphatic heterocycles. The van der Waals surface area contributed by atoms with Crippen LogP contribution in [0.15, 0.2) is 35.5 Å². The third-order valence-electron chi connectivity index (χ3n) is 1.85. The fourth-order valence-corrected chi connectivity index (χ4v) is 1.05. The van der Waals surface area contributed by atoms with Crippen molar-refractivity contribution in [1.82, 2.24) is 0 Å². The summed E-state index contributed by atoms with van der Waals surface area (Å²) in [7, 11) is 0. The van der Waals surface area contributed by atoms with Crippen molar-refractivity contribution in [2.75, 3.05) is 6.61 Å². The zero-order valence-electron chi connectivity index (χ0n) is 9.47. The maximum Gasteiger partial charge on any atom is 0.355 e. The van der Waals surface area contributed by atoms with Gasteiger partial charge < -0.3 is 9.57 Å². The SMILES string of the molecule is CCOC(=O)/C(C)=N\OCc1ccccc1. The van der Waals surface area contributed by atoms with Gasteiger partial charge in [0.1, 0.15) is 6.61 Å². The Bertz CT molecular complexity index is 360. The van der Waals surface area contributed by atoms with Crippen LogP contribution in [0.5, 0.6) is 0 Å². The summed E-state index contributed by atoms with van der Waals surface area (Å²) in [5, 5.41) is 3.68. The second kappa shape index (κ2) is 6.61. The maximum absolute atomic E-state index is 11.2. The number of esters is 1. The third-order valence-corrected chi connectivity index (χ3v) is 1.85. The molecule has 0 saturated carbocycles. The molecule has 0 aromatic heterocycles. The molecule has 4 heteroatoms. The number of carbonyl (C=O) groups is 1. The molecule has 0 amide bonds. The largest absolute Gasteiger partial charge is 0.461 e. The Balaban J connectivity index is 2.39. The van der Waals surface area contributed by atoms with Crippen LogP contribution in [0.2, 0.25) is 0 Å². The van der Waals surface area contributed by atoms with E-state index in [2.05, 4.69) is 5.16 Å².